The molecule has 0 saturated carbocycles. The van der Waals surface area contributed by atoms with Gasteiger partial charge in [0, 0.05) is 6.07 Å². The van der Waals surface area contributed by atoms with E-state index < -0.39 is 10.0 Å². The summed E-state index contributed by atoms with van der Waals surface area (Å²) in [6.07, 6.45) is 1.03. The summed E-state index contributed by atoms with van der Waals surface area (Å²) >= 11 is 0. The number of sulfonamides is 1. The molecule has 0 atom stereocenters. The number of hydrogen-bond donors (Lipinski definition) is 2. The number of ether oxygens (including phenoxy) is 2. The minimum absolute atomic E-state index is 0.155. The van der Waals surface area contributed by atoms with E-state index in [1.165, 1.54) is 13.2 Å². The van der Waals surface area contributed by atoms with Crippen LogP contribution in [0, 0.1) is 0 Å². The first-order valence-electron chi connectivity index (χ1n) is 7.00. The predicted octanol–water partition coefficient (Wildman–Crippen LogP) is 2.00. The first-order chi connectivity index (χ1) is 11.3. The molecule has 0 unspecified atom stereocenters. The lowest BCUT2D eigenvalue weighted by Crippen LogP contribution is -2.14. The van der Waals surface area contributed by atoms with Gasteiger partial charge in [-0.05, 0) is 24.3 Å². The van der Waals surface area contributed by atoms with Crippen LogP contribution in [0.15, 0.2) is 42.5 Å². The number of hydrogen-bond acceptors (Lipinski definition) is 6. The summed E-state index contributed by atoms with van der Waals surface area (Å²) in [4.78, 5) is 11.9. The summed E-state index contributed by atoms with van der Waals surface area (Å²) in [7, 11) is -2.05. The van der Waals surface area contributed by atoms with Gasteiger partial charge in [0.25, 0.3) is 0 Å². The molecule has 2 aromatic carbocycles. The van der Waals surface area contributed by atoms with Crippen LogP contribution in [0.5, 0.6) is 17.2 Å². The second-order valence-electron chi connectivity index (χ2n) is 4.96. The van der Waals surface area contributed by atoms with Crippen LogP contribution in [0.2, 0.25) is 0 Å². The Morgan fingerprint density at radius 2 is 1.88 bits per heavy atom. The number of Topliss-reactive ketones (excluding diaryl/α,β-unsaturated/α-hetero) is 1. The highest BCUT2D eigenvalue weighted by molar-refractivity contribution is 7.92. The summed E-state index contributed by atoms with van der Waals surface area (Å²) < 4.78 is 36.3. The fourth-order valence-electron chi connectivity index (χ4n) is 2.02. The monoisotopic (exact) mass is 350 g/mol. The number of carbonyl (C=O) groups is 1. The van der Waals surface area contributed by atoms with Gasteiger partial charge < -0.3 is 15.2 Å². The lowest BCUT2D eigenvalue weighted by molar-refractivity contribution is 0.0999. The van der Waals surface area contributed by atoms with E-state index in [0.29, 0.717) is 11.3 Å². The number of nitrogens with one attached hydrogen (secondary N) is 1. The molecule has 0 saturated heterocycles. The van der Waals surface area contributed by atoms with Crippen molar-refractivity contribution in [3.63, 3.8) is 0 Å². The summed E-state index contributed by atoms with van der Waals surface area (Å²) in [6, 6.07) is 11.3. The van der Waals surface area contributed by atoms with Crippen molar-refractivity contribution in [1.29, 1.82) is 0 Å². The minimum Gasteiger partial charge on any atom is -0.497 e. The van der Waals surface area contributed by atoms with Gasteiger partial charge in [-0.15, -0.1) is 0 Å². The van der Waals surface area contributed by atoms with Crippen molar-refractivity contribution >= 4 is 21.5 Å². The zero-order valence-electron chi connectivity index (χ0n) is 13.3. The van der Waals surface area contributed by atoms with Gasteiger partial charge in [-0.3, -0.25) is 9.52 Å². The number of anilines is 1. The van der Waals surface area contributed by atoms with Crippen LogP contribution in [0.1, 0.15) is 10.4 Å². The van der Waals surface area contributed by atoms with Crippen LogP contribution in [-0.2, 0) is 10.0 Å². The Bertz CT molecular complexity index is 849. The van der Waals surface area contributed by atoms with Crippen molar-refractivity contribution < 1.29 is 22.7 Å². The van der Waals surface area contributed by atoms with Gasteiger partial charge in [-0.2, -0.15) is 0 Å². The summed E-state index contributed by atoms with van der Waals surface area (Å²) in [5.41, 5.74) is 5.93. The first-order valence-corrected chi connectivity index (χ1v) is 8.89. The second kappa shape index (κ2) is 7.33. The van der Waals surface area contributed by atoms with E-state index in [9.17, 15) is 13.2 Å². The molecule has 0 aliphatic heterocycles. The lowest BCUT2D eigenvalue weighted by atomic mass is 10.1. The quantitative estimate of drug-likeness (QED) is 0.740. The largest absolute Gasteiger partial charge is 0.497 e. The van der Waals surface area contributed by atoms with Crippen LogP contribution in [0.3, 0.4) is 0 Å². The maximum atomic E-state index is 11.9. The molecular weight excluding hydrogens is 332 g/mol. The van der Waals surface area contributed by atoms with Crippen molar-refractivity contribution in [2.24, 2.45) is 5.73 Å². The number of carbonyl (C=O) groups excluding carboxylic acids is 1. The number of methoxy groups -OCH3 is 1. The normalized spacial score (nSPS) is 11.0. The molecular formula is C16H18N2O5S. The molecule has 0 aliphatic rings. The molecule has 3 N–H and O–H groups in total. The maximum Gasteiger partial charge on any atom is 0.229 e. The van der Waals surface area contributed by atoms with Crippen molar-refractivity contribution in [2.45, 2.75) is 0 Å². The Balaban J connectivity index is 2.45. The van der Waals surface area contributed by atoms with Crippen molar-refractivity contribution in [2.75, 3.05) is 24.6 Å². The molecule has 2 rings (SSSR count). The number of rotatable bonds is 7. The standard InChI is InChI=1S/C16H18N2O5S/c1-22-11-7-8-16(13(9-11)18-24(2,20)21)23-15-6-4-3-5-12(15)14(19)10-17/h3-9,18H,10,17H2,1-2H3. The Morgan fingerprint density at radius 3 is 2.50 bits per heavy atom. The predicted molar refractivity (Wildman–Crippen MR) is 91.4 cm³/mol. The van der Waals surface area contributed by atoms with Gasteiger partial charge in [0.15, 0.2) is 11.5 Å². The molecule has 0 aliphatic carbocycles. The van der Waals surface area contributed by atoms with Crippen LogP contribution >= 0.6 is 0 Å². The molecule has 0 amide bonds. The smallest absolute Gasteiger partial charge is 0.229 e. The second-order valence-corrected chi connectivity index (χ2v) is 6.71. The minimum atomic E-state index is -3.52. The molecule has 0 aromatic heterocycles. The van der Waals surface area contributed by atoms with Gasteiger partial charge in [0.05, 0.1) is 31.2 Å². The number of ketones is 1. The Labute approximate surface area is 140 Å². The Hall–Kier alpha value is -2.58. The maximum absolute atomic E-state index is 11.9. The molecule has 0 heterocycles. The molecule has 7 nitrogen and oxygen atoms in total. The molecule has 0 fully saturated rings. The molecule has 2 aromatic rings. The van der Waals surface area contributed by atoms with Crippen LogP contribution in [0.4, 0.5) is 5.69 Å². The zero-order valence-corrected chi connectivity index (χ0v) is 14.1. The van der Waals surface area contributed by atoms with Crippen molar-refractivity contribution in [1.82, 2.24) is 0 Å². The van der Waals surface area contributed by atoms with E-state index >= 15 is 0 Å². The van der Waals surface area contributed by atoms with E-state index in [1.807, 2.05) is 0 Å². The fraction of sp³-hybridized carbons (Fsp3) is 0.188. The number of nitrogens with two attached hydrogens (primary N) is 1. The highest BCUT2D eigenvalue weighted by Crippen LogP contribution is 2.34. The van der Waals surface area contributed by atoms with E-state index in [0.717, 1.165) is 6.26 Å². The van der Waals surface area contributed by atoms with Gasteiger partial charge in [-0.1, -0.05) is 12.1 Å². The highest BCUT2D eigenvalue weighted by Gasteiger charge is 2.15. The van der Waals surface area contributed by atoms with E-state index in [1.54, 1.807) is 36.4 Å². The zero-order chi connectivity index (χ0) is 17.7. The van der Waals surface area contributed by atoms with E-state index in [4.69, 9.17) is 15.2 Å². The van der Waals surface area contributed by atoms with Crippen LogP contribution in [0.25, 0.3) is 0 Å². The van der Waals surface area contributed by atoms with E-state index in [-0.39, 0.29) is 29.5 Å². The number of para-hydroxylation sites is 1. The molecule has 0 spiro atoms. The third-order valence-electron chi connectivity index (χ3n) is 3.07. The molecule has 0 radical (unpaired) electrons. The first kappa shape index (κ1) is 17.8. The van der Waals surface area contributed by atoms with Crippen LogP contribution in [-0.4, -0.2) is 34.1 Å². The molecule has 8 heteroatoms. The Kier molecular flexibility index (Phi) is 5.42. The lowest BCUT2D eigenvalue weighted by Gasteiger charge is -2.15. The Morgan fingerprint density at radius 1 is 1.17 bits per heavy atom. The van der Waals surface area contributed by atoms with E-state index in [2.05, 4.69) is 4.72 Å². The molecule has 0 bridgehead atoms. The SMILES string of the molecule is COc1ccc(Oc2ccccc2C(=O)CN)c(NS(C)(=O)=O)c1. The topological polar surface area (TPSA) is 108 Å². The third kappa shape index (κ3) is 4.46. The van der Waals surface area contributed by atoms with Gasteiger partial charge in [-0.25, -0.2) is 8.42 Å². The molecule has 24 heavy (non-hydrogen) atoms. The summed E-state index contributed by atoms with van der Waals surface area (Å²) in [6.45, 7) is -0.155. The highest BCUT2D eigenvalue weighted by atomic mass is 32.2. The van der Waals surface area contributed by atoms with Crippen LogP contribution < -0.4 is 19.9 Å². The van der Waals surface area contributed by atoms with Gasteiger partial charge in [0.1, 0.15) is 11.5 Å². The average molecular weight is 350 g/mol. The van der Waals surface area contributed by atoms with Crippen molar-refractivity contribution in [3.05, 3.63) is 48.0 Å². The third-order valence-corrected chi connectivity index (χ3v) is 3.67. The van der Waals surface area contributed by atoms with Crippen molar-refractivity contribution in [3.8, 4) is 17.2 Å². The number of benzene rings is 2. The summed E-state index contributed by atoms with van der Waals surface area (Å²) in [5, 5.41) is 0. The summed E-state index contributed by atoms with van der Waals surface area (Å²) in [5.74, 6) is 0.699. The average Bonchev–Trinajstić information content (AvgIpc) is 2.54. The fourth-order valence-corrected chi connectivity index (χ4v) is 2.58. The van der Waals surface area contributed by atoms with Gasteiger partial charge >= 0.3 is 0 Å². The van der Waals surface area contributed by atoms with Gasteiger partial charge in [0.2, 0.25) is 10.0 Å². The molecule has 128 valence electrons.